The van der Waals surface area contributed by atoms with Gasteiger partial charge >= 0.3 is 5.97 Å². The average molecular weight is 318 g/mol. The molecule has 1 atom stereocenters. The molecule has 0 amide bonds. The number of carbonyl (C=O) groups is 1. The first kappa shape index (κ1) is 15.8. The Labute approximate surface area is 114 Å². The van der Waals surface area contributed by atoms with Gasteiger partial charge in [0, 0.05) is 19.5 Å². The van der Waals surface area contributed by atoms with Crippen molar-refractivity contribution < 1.29 is 29.4 Å². The molecular formula is C13H15NO2Ru-6. The average Bonchev–Trinajstić information content (AvgIpc) is 2.92. The Kier molecular flexibility index (Phi) is 8.20. The molecule has 0 aliphatic heterocycles. The van der Waals surface area contributed by atoms with Crippen molar-refractivity contribution in [3.63, 3.8) is 0 Å². The predicted molar refractivity (Wildman–Crippen MR) is 63.4 cm³/mol. The molecule has 2 aromatic carbocycles. The fourth-order valence-corrected chi connectivity index (χ4v) is 1.21. The summed E-state index contributed by atoms with van der Waals surface area (Å²) in [6.45, 7) is 0. The van der Waals surface area contributed by atoms with Crippen molar-refractivity contribution in [1.29, 1.82) is 0 Å². The number of carboxylic acids is 1. The molecule has 2 rings (SSSR count). The molecular weight excluding hydrogens is 303 g/mol. The van der Waals surface area contributed by atoms with E-state index in [9.17, 15) is 4.79 Å². The molecule has 0 fully saturated rings. The van der Waals surface area contributed by atoms with E-state index in [1.807, 2.05) is 54.6 Å². The van der Waals surface area contributed by atoms with Gasteiger partial charge in [0.15, 0.2) is 0 Å². The predicted octanol–water partition coefficient (Wildman–Crippen LogP) is 1.76. The Hall–Kier alpha value is -1.25. The van der Waals surface area contributed by atoms with Gasteiger partial charge in [-0.05, 0) is 6.42 Å². The maximum Gasteiger partial charge on any atom is 0.319 e. The molecule has 2 aromatic rings. The summed E-state index contributed by atoms with van der Waals surface area (Å²) < 4.78 is 0. The number of aliphatic carboxylic acids is 1. The summed E-state index contributed by atoms with van der Waals surface area (Å²) in [4.78, 5) is 10.3. The van der Waals surface area contributed by atoms with Crippen LogP contribution >= 0.6 is 0 Å². The van der Waals surface area contributed by atoms with E-state index < -0.39 is 12.0 Å². The molecule has 3 N–H and O–H groups in total. The van der Waals surface area contributed by atoms with E-state index in [0.717, 1.165) is 5.56 Å². The molecule has 4 heteroatoms. The van der Waals surface area contributed by atoms with Crippen molar-refractivity contribution in [3.05, 3.63) is 60.2 Å². The number of hydrogen-bond acceptors (Lipinski definition) is 2. The van der Waals surface area contributed by atoms with Crippen molar-refractivity contribution in [2.75, 3.05) is 0 Å². The Morgan fingerprint density at radius 3 is 1.94 bits per heavy atom. The molecule has 3 nitrogen and oxygen atoms in total. The van der Waals surface area contributed by atoms with Crippen molar-refractivity contribution >= 4 is 5.97 Å². The fourth-order valence-electron chi connectivity index (χ4n) is 1.21. The molecule has 0 saturated heterocycles. The van der Waals surface area contributed by atoms with Crippen molar-refractivity contribution in [3.8, 4) is 0 Å². The van der Waals surface area contributed by atoms with Crippen molar-refractivity contribution in [2.45, 2.75) is 12.5 Å². The molecule has 17 heavy (non-hydrogen) atoms. The largest absolute Gasteiger partial charge is 0.748 e. The molecule has 0 saturated carbocycles. The van der Waals surface area contributed by atoms with Gasteiger partial charge in [0.1, 0.15) is 0 Å². The number of nitrogens with two attached hydrogens (primary N) is 1. The van der Waals surface area contributed by atoms with Crippen LogP contribution in [0, 0.1) is 0 Å². The third-order valence-corrected chi connectivity index (χ3v) is 2.06. The summed E-state index contributed by atoms with van der Waals surface area (Å²) in [6.07, 6.45) is 0.405. The van der Waals surface area contributed by atoms with Crippen LogP contribution in [0.25, 0.3) is 0 Å². The smallest absolute Gasteiger partial charge is 0.319 e. The Morgan fingerprint density at radius 2 is 1.59 bits per heavy atom. The Balaban J connectivity index is 0.000000360. The summed E-state index contributed by atoms with van der Waals surface area (Å²) in [7, 11) is 0. The fraction of sp³-hybridized carbons (Fsp3) is 0.154. The zero-order valence-corrected chi connectivity index (χ0v) is 11.0. The molecule has 0 heterocycles. The zero-order valence-electron chi connectivity index (χ0n) is 9.27. The summed E-state index contributed by atoms with van der Waals surface area (Å²) in [6, 6.07) is 16.7. The van der Waals surface area contributed by atoms with Crippen LogP contribution in [0.4, 0.5) is 0 Å². The molecule has 98 valence electrons. The van der Waals surface area contributed by atoms with Crippen LogP contribution in [-0.2, 0) is 30.7 Å². The van der Waals surface area contributed by atoms with Crippen molar-refractivity contribution in [1.82, 2.24) is 0 Å². The van der Waals surface area contributed by atoms with Crippen LogP contribution < -0.4 is 5.73 Å². The molecule has 1 unspecified atom stereocenters. The Bertz CT molecular complexity index is 364. The number of rotatable bonds is 3. The Morgan fingerprint density at radius 1 is 1.18 bits per heavy atom. The van der Waals surface area contributed by atoms with Gasteiger partial charge in [-0.3, -0.25) is 4.79 Å². The van der Waals surface area contributed by atoms with Gasteiger partial charge in [-0.25, -0.2) is 12.1 Å². The standard InChI is InChI=1S/C8H10NO2.C5H5.Ru/c9-7(8(10)11)5-6-3-1-2-4-6;1-2-4-5-3-1;/h1-4,7H,5,9H2,(H,10,11);1-5H;/q-1;-5;. The monoisotopic (exact) mass is 319 g/mol. The molecule has 0 aliphatic rings. The van der Waals surface area contributed by atoms with E-state index in [0.29, 0.717) is 6.42 Å². The van der Waals surface area contributed by atoms with E-state index in [4.69, 9.17) is 10.8 Å². The topological polar surface area (TPSA) is 63.3 Å². The van der Waals surface area contributed by atoms with E-state index in [-0.39, 0.29) is 19.5 Å². The summed E-state index contributed by atoms with van der Waals surface area (Å²) in [5, 5.41) is 8.46. The first-order chi connectivity index (χ1) is 7.70. The van der Waals surface area contributed by atoms with Crippen LogP contribution in [0.1, 0.15) is 5.56 Å². The van der Waals surface area contributed by atoms with Crippen LogP contribution in [-0.4, -0.2) is 17.1 Å². The van der Waals surface area contributed by atoms with Gasteiger partial charge in [-0.1, -0.05) is 0 Å². The second-order valence-electron chi connectivity index (χ2n) is 3.40. The van der Waals surface area contributed by atoms with Crippen LogP contribution in [0.5, 0.6) is 0 Å². The molecule has 0 aliphatic carbocycles. The minimum Gasteiger partial charge on any atom is -0.748 e. The van der Waals surface area contributed by atoms with Gasteiger partial charge in [0.05, 0.1) is 6.04 Å². The van der Waals surface area contributed by atoms with E-state index in [2.05, 4.69) is 0 Å². The third kappa shape index (κ3) is 6.82. The van der Waals surface area contributed by atoms with Gasteiger partial charge in [0.25, 0.3) is 0 Å². The first-order valence-electron chi connectivity index (χ1n) is 5.06. The maximum atomic E-state index is 10.3. The second-order valence-corrected chi connectivity index (χ2v) is 3.40. The van der Waals surface area contributed by atoms with E-state index in [1.165, 1.54) is 0 Å². The van der Waals surface area contributed by atoms with E-state index in [1.54, 1.807) is 0 Å². The minimum atomic E-state index is -0.953. The van der Waals surface area contributed by atoms with Gasteiger partial charge < -0.3 is 41.2 Å². The van der Waals surface area contributed by atoms with Gasteiger partial charge in [0.2, 0.25) is 0 Å². The number of carboxylic acid groups (broad SMARTS) is 1. The van der Waals surface area contributed by atoms with Crippen molar-refractivity contribution in [2.24, 2.45) is 5.73 Å². The summed E-state index contributed by atoms with van der Waals surface area (Å²) >= 11 is 0. The quantitative estimate of drug-likeness (QED) is 0.669. The minimum absolute atomic E-state index is 0. The number of hydrogen-bond donors (Lipinski definition) is 2. The van der Waals surface area contributed by atoms with Gasteiger partial charge in [-0.2, -0.15) is 17.7 Å². The third-order valence-electron chi connectivity index (χ3n) is 2.06. The SMILES string of the molecule is NC(C[c-]1cccc1)C(=O)O.[Ru].[cH-]1[cH-][cH-][cH-][cH-]1. The first-order valence-corrected chi connectivity index (χ1v) is 5.06. The van der Waals surface area contributed by atoms with Crippen LogP contribution in [0.15, 0.2) is 54.6 Å². The molecule has 0 spiro atoms. The maximum absolute atomic E-state index is 10.3. The second kappa shape index (κ2) is 8.85. The van der Waals surface area contributed by atoms with Crippen LogP contribution in [0.3, 0.4) is 0 Å². The molecule has 0 radical (unpaired) electrons. The van der Waals surface area contributed by atoms with Crippen LogP contribution in [0.2, 0.25) is 0 Å². The van der Waals surface area contributed by atoms with Gasteiger partial charge in [-0.15, -0.1) is 0 Å². The summed E-state index contributed by atoms with van der Waals surface area (Å²) in [5.74, 6) is -0.953. The zero-order chi connectivity index (χ0) is 11.8. The molecule has 0 bridgehead atoms. The normalized spacial score (nSPS) is 10.6. The summed E-state index contributed by atoms with van der Waals surface area (Å²) in [5.41, 5.74) is 6.28. The van der Waals surface area contributed by atoms with E-state index >= 15 is 0 Å². The molecule has 0 aromatic heterocycles.